The summed E-state index contributed by atoms with van der Waals surface area (Å²) < 4.78 is 2.27. The van der Waals surface area contributed by atoms with Gasteiger partial charge in [0.1, 0.15) is 5.75 Å². The van der Waals surface area contributed by atoms with E-state index < -0.39 is 0 Å². The number of fused-ring (bicyclic) bond motifs is 2. The number of hydrogen-bond donors (Lipinski definition) is 1. The van der Waals surface area contributed by atoms with Gasteiger partial charge in [0.2, 0.25) is 0 Å². The topological polar surface area (TPSA) is 50.9 Å². The molecule has 0 aliphatic heterocycles. The van der Waals surface area contributed by atoms with Gasteiger partial charge in [-0.15, -0.1) is 35.9 Å². The van der Waals surface area contributed by atoms with Gasteiger partial charge >= 0.3 is 0 Å². The van der Waals surface area contributed by atoms with Gasteiger partial charge in [-0.3, -0.25) is 4.98 Å². The summed E-state index contributed by atoms with van der Waals surface area (Å²) in [4.78, 5) is 10.4. The predicted octanol–water partition coefficient (Wildman–Crippen LogP) is 10.3. The summed E-state index contributed by atoms with van der Waals surface area (Å²) in [7, 11) is 0. The average molecular weight is 768 g/mol. The maximum Gasteiger partial charge on any atom is 0.125 e. The number of aromatic nitrogens is 3. The molecule has 5 heteroatoms. The van der Waals surface area contributed by atoms with Crippen molar-refractivity contribution < 1.29 is 26.2 Å². The number of hydrogen-bond acceptors (Lipinski definition) is 3. The zero-order valence-electron chi connectivity index (χ0n) is 25.7. The van der Waals surface area contributed by atoms with Crippen LogP contribution in [0.1, 0.15) is 50.7 Å². The SMILES string of the molecule is CC(C)c1cc(C(C)C)cc(-n2c(-c3[c-]cccc3)nc3c(-c4cccc(-c5cc6ccccc6cc5O)n4)cccc32)c1.[Pt]. The first-order valence-corrected chi connectivity index (χ1v) is 15.2. The fraction of sp³-hybridized carbons (Fsp3) is 0.150. The van der Waals surface area contributed by atoms with E-state index in [1.807, 2.05) is 60.7 Å². The molecular weight excluding hydrogens is 734 g/mol. The van der Waals surface area contributed by atoms with Gasteiger partial charge in [0, 0.05) is 37.9 Å². The van der Waals surface area contributed by atoms with Crippen LogP contribution in [0.5, 0.6) is 5.75 Å². The van der Waals surface area contributed by atoms with Crippen molar-refractivity contribution >= 4 is 21.8 Å². The molecule has 7 rings (SSSR count). The van der Waals surface area contributed by atoms with Crippen LogP contribution in [-0.4, -0.2) is 19.6 Å². The molecule has 0 atom stereocenters. The van der Waals surface area contributed by atoms with E-state index in [2.05, 4.69) is 86.9 Å². The number of pyridine rings is 1. The van der Waals surface area contributed by atoms with Crippen LogP contribution in [-0.2, 0) is 21.1 Å². The molecule has 0 fully saturated rings. The molecular formula is C40H34N3OPt-. The molecule has 7 aromatic rings. The van der Waals surface area contributed by atoms with E-state index in [1.165, 1.54) is 11.1 Å². The van der Waals surface area contributed by atoms with Gasteiger partial charge in [-0.1, -0.05) is 76.2 Å². The van der Waals surface area contributed by atoms with Crippen molar-refractivity contribution in [2.75, 3.05) is 0 Å². The maximum absolute atomic E-state index is 11.0. The van der Waals surface area contributed by atoms with Crippen LogP contribution in [0.15, 0.2) is 115 Å². The molecule has 226 valence electrons. The summed E-state index contributed by atoms with van der Waals surface area (Å²) in [5, 5.41) is 13.0. The average Bonchev–Trinajstić information content (AvgIpc) is 3.44. The minimum absolute atomic E-state index is 0. The number of benzene rings is 5. The Kier molecular flexibility index (Phi) is 8.44. The van der Waals surface area contributed by atoms with Gasteiger partial charge in [0.15, 0.2) is 0 Å². The number of nitrogens with zero attached hydrogens (tertiary/aromatic N) is 3. The Morgan fingerprint density at radius 2 is 1.29 bits per heavy atom. The Morgan fingerprint density at radius 1 is 0.644 bits per heavy atom. The number of aromatic hydroxyl groups is 1. The Balaban J connectivity index is 0.00000357. The van der Waals surface area contributed by atoms with Crippen LogP contribution in [0.25, 0.3) is 61.4 Å². The third kappa shape index (κ3) is 5.71. The number of phenolic OH excluding ortho intramolecular Hbond substituents is 1. The molecule has 0 amide bonds. The molecule has 2 heterocycles. The van der Waals surface area contributed by atoms with Crippen LogP contribution < -0.4 is 0 Å². The molecule has 0 aliphatic carbocycles. The van der Waals surface area contributed by atoms with E-state index in [-0.39, 0.29) is 26.8 Å². The summed E-state index contributed by atoms with van der Waals surface area (Å²) in [6, 6.07) is 42.4. The second kappa shape index (κ2) is 12.5. The summed E-state index contributed by atoms with van der Waals surface area (Å²) in [6.07, 6.45) is 0. The fourth-order valence-corrected chi connectivity index (χ4v) is 5.90. The third-order valence-corrected chi connectivity index (χ3v) is 8.35. The third-order valence-electron chi connectivity index (χ3n) is 8.35. The van der Waals surface area contributed by atoms with E-state index in [1.54, 1.807) is 6.07 Å². The molecule has 0 spiro atoms. The van der Waals surface area contributed by atoms with E-state index in [0.717, 1.165) is 50.1 Å². The Bertz CT molecular complexity index is 2120. The largest absolute Gasteiger partial charge is 0.507 e. The standard InChI is InChI=1S/C40H34N3O.Pt/c1-25(2)30-20-31(26(3)4)22-32(21-30)43-37-19-10-16-33(39(37)42-40(43)27-12-6-5-7-13-27)35-17-11-18-36(41-35)34-23-28-14-8-9-15-29(28)24-38(34)44;/h5-12,14-26,44H,1-4H3;/q-1;. The van der Waals surface area contributed by atoms with Crippen molar-refractivity contribution in [2.24, 2.45) is 0 Å². The minimum Gasteiger partial charge on any atom is -0.507 e. The summed E-state index contributed by atoms with van der Waals surface area (Å²) in [5.41, 5.74) is 9.65. The quantitative estimate of drug-likeness (QED) is 0.172. The number of para-hydroxylation sites is 1. The molecule has 1 N–H and O–H groups in total. The Labute approximate surface area is 278 Å². The van der Waals surface area contributed by atoms with Crippen molar-refractivity contribution in [2.45, 2.75) is 39.5 Å². The van der Waals surface area contributed by atoms with Crippen LogP contribution >= 0.6 is 0 Å². The van der Waals surface area contributed by atoms with Crippen LogP contribution in [0, 0.1) is 6.07 Å². The van der Waals surface area contributed by atoms with Gasteiger partial charge < -0.3 is 9.67 Å². The summed E-state index contributed by atoms with van der Waals surface area (Å²) in [5.74, 6) is 1.83. The van der Waals surface area contributed by atoms with Crippen molar-refractivity contribution in [1.29, 1.82) is 0 Å². The maximum atomic E-state index is 11.0. The van der Waals surface area contributed by atoms with Crippen LogP contribution in [0.4, 0.5) is 0 Å². The molecule has 0 saturated carbocycles. The molecule has 5 aromatic carbocycles. The van der Waals surface area contributed by atoms with Crippen molar-refractivity contribution in [3.8, 4) is 45.3 Å². The number of phenols is 1. The van der Waals surface area contributed by atoms with Gasteiger partial charge in [0.25, 0.3) is 0 Å². The molecule has 0 bridgehead atoms. The molecule has 0 aliphatic rings. The molecule has 0 radical (unpaired) electrons. The zero-order chi connectivity index (χ0) is 30.4. The molecule has 0 unspecified atom stereocenters. The van der Waals surface area contributed by atoms with E-state index in [9.17, 15) is 5.11 Å². The summed E-state index contributed by atoms with van der Waals surface area (Å²) in [6.45, 7) is 8.97. The van der Waals surface area contributed by atoms with Gasteiger partial charge in [0.05, 0.1) is 28.2 Å². The van der Waals surface area contributed by atoms with Crippen LogP contribution in [0.2, 0.25) is 0 Å². The second-order valence-electron chi connectivity index (χ2n) is 12.0. The normalized spacial score (nSPS) is 11.4. The smallest absolute Gasteiger partial charge is 0.125 e. The van der Waals surface area contributed by atoms with Crippen molar-refractivity contribution in [3.05, 3.63) is 132 Å². The van der Waals surface area contributed by atoms with Crippen LogP contribution in [0.3, 0.4) is 0 Å². The second-order valence-corrected chi connectivity index (χ2v) is 12.0. The molecule has 45 heavy (non-hydrogen) atoms. The van der Waals surface area contributed by atoms with E-state index in [0.29, 0.717) is 23.1 Å². The first-order valence-electron chi connectivity index (χ1n) is 15.2. The number of rotatable bonds is 6. The Morgan fingerprint density at radius 3 is 1.96 bits per heavy atom. The predicted molar refractivity (Wildman–Crippen MR) is 181 cm³/mol. The summed E-state index contributed by atoms with van der Waals surface area (Å²) >= 11 is 0. The van der Waals surface area contributed by atoms with Gasteiger partial charge in [-0.2, -0.15) is 0 Å². The fourth-order valence-electron chi connectivity index (χ4n) is 5.90. The van der Waals surface area contributed by atoms with Gasteiger partial charge in [-0.05, 0) is 76.2 Å². The monoisotopic (exact) mass is 767 g/mol. The van der Waals surface area contributed by atoms with E-state index in [4.69, 9.17) is 9.97 Å². The first-order chi connectivity index (χ1) is 21.4. The first kappa shape index (κ1) is 30.5. The molecule has 0 saturated heterocycles. The van der Waals surface area contributed by atoms with Crippen molar-refractivity contribution in [3.63, 3.8) is 0 Å². The minimum atomic E-state index is 0. The van der Waals surface area contributed by atoms with E-state index >= 15 is 0 Å². The zero-order valence-corrected chi connectivity index (χ0v) is 28.0. The molecule has 4 nitrogen and oxygen atoms in total. The number of imidazole rings is 1. The van der Waals surface area contributed by atoms with Gasteiger partial charge in [-0.25, -0.2) is 4.98 Å². The molecule has 2 aromatic heterocycles. The Hall–Kier alpha value is -4.53. The van der Waals surface area contributed by atoms with Crippen molar-refractivity contribution in [1.82, 2.24) is 14.5 Å².